The van der Waals surface area contributed by atoms with Crippen LogP contribution in [0.3, 0.4) is 0 Å². The van der Waals surface area contributed by atoms with Crippen molar-refractivity contribution in [2.24, 2.45) is 10.9 Å². The Morgan fingerprint density at radius 3 is 2.65 bits per heavy atom. The van der Waals surface area contributed by atoms with E-state index in [1.165, 1.54) is 6.07 Å². The summed E-state index contributed by atoms with van der Waals surface area (Å²) in [5, 5.41) is 21.3. The summed E-state index contributed by atoms with van der Waals surface area (Å²) >= 11 is 3.38. The summed E-state index contributed by atoms with van der Waals surface area (Å²) in [6.45, 7) is 1.02. The summed E-state index contributed by atoms with van der Waals surface area (Å²) in [6.07, 6.45) is 4.11. The van der Waals surface area contributed by atoms with E-state index in [2.05, 4.69) is 41.4 Å². The molecule has 0 spiro atoms. The van der Waals surface area contributed by atoms with Crippen LogP contribution in [0, 0.1) is 17.6 Å². The Balaban J connectivity index is 1.67. The number of allylic oxidation sites excluding steroid dienone is 1. The zero-order valence-corrected chi connectivity index (χ0v) is 19.1. The Bertz CT molecular complexity index is 1240. The molecule has 2 atom stereocenters. The van der Waals surface area contributed by atoms with Gasteiger partial charge in [-0.3, -0.25) is 4.98 Å². The van der Waals surface area contributed by atoms with Crippen LogP contribution in [-0.4, -0.2) is 36.2 Å². The van der Waals surface area contributed by atoms with Crippen molar-refractivity contribution in [3.05, 3.63) is 76.4 Å². The lowest BCUT2D eigenvalue weighted by molar-refractivity contribution is -0.207. The second-order valence-electron chi connectivity index (χ2n) is 7.69. The topological polar surface area (TPSA) is 98.3 Å². The Morgan fingerprint density at radius 2 is 2.03 bits per heavy atom. The molecule has 3 aromatic rings. The maximum atomic E-state index is 15.7. The van der Waals surface area contributed by atoms with Crippen LogP contribution in [0.2, 0.25) is 0 Å². The Morgan fingerprint density at radius 1 is 1.24 bits per heavy atom. The van der Waals surface area contributed by atoms with Crippen LogP contribution in [-0.2, 0) is 18.1 Å². The number of aliphatic hydroxyl groups is 1. The quantitative estimate of drug-likeness (QED) is 0.473. The zero-order chi connectivity index (χ0) is 24.5. The first-order chi connectivity index (χ1) is 16.1. The molecule has 0 amide bonds. The molecule has 2 unspecified atom stereocenters. The van der Waals surface area contributed by atoms with E-state index in [9.17, 15) is 13.9 Å². The number of pyridine rings is 1. The lowest BCUT2D eigenvalue weighted by Crippen LogP contribution is -2.48. The van der Waals surface area contributed by atoms with Crippen molar-refractivity contribution in [1.29, 1.82) is 0 Å². The Labute approximate surface area is 199 Å². The van der Waals surface area contributed by atoms with Gasteiger partial charge in [0.05, 0.1) is 12.7 Å². The van der Waals surface area contributed by atoms with Crippen LogP contribution in [0.15, 0.2) is 58.5 Å². The molecule has 0 saturated heterocycles. The number of ether oxygens (including phenoxy) is 1. The van der Waals surface area contributed by atoms with E-state index in [0.29, 0.717) is 18.4 Å². The van der Waals surface area contributed by atoms with Crippen LogP contribution >= 0.6 is 15.9 Å². The lowest BCUT2D eigenvalue weighted by Gasteiger charge is -2.35. The van der Waals surface area contributed by atoms with E-state index in [-0.39, 0.29) is 11.7 Å². The number of hydrogen-bond acceptors (Lipinski definition) is 7. The van der Waals surface area contributed by atoms with Crippen molar-refractivity contribution in [3.63, 3.8) is 0 Å². The average Bonchev–Trinajstić information content (AvgIpc) is 3.29. The summed E-state index contributed by atoms with van der Waals surface area (Å²) in [6, 6.07) is 4.09. The van der Waals surface area contributed by atoms with E-state index < -0.39 is 41.0 Å². The van der Waals surface area contributed by atoms with Gasteiger partial charge in [-0.05, 0) is 40.6 Å². The van der Waals surface area contributed by atoms with Gasteiger partial charge in [0.1, 0.15) is 29.4 Å². The second-order valence-corrected chi connectivity index (χ2v) is 8.61. The average molecular weight is 541 g/mol. The first-order valence-electron chi connectivity index (χ1n) is 9.93. The van der Waals surface area contributed by atoms with Gasteiger partial charge in [-0.15, -0.1) is 5.10 Å². The number of tetrazole rings is 1. The number of aromatic nitrogens is 5. The first-order valence-corrected chi connectivity index (χ1v) is 10.7. The summed E-state index contributed by atoms with van der Waals surface area (Å²) in [5.74, 6) is -5.85. The van der Waals surface area contributed by atoms with Gasteiger partial charge in [0.15, 0.2) is 11.5 Å². The van der Waals surface area contributed by atoms with Crippen LogP contribution < -0.4 is 4.74 Å². The third-order valence-corrected chi connectivity index (χ3v) is 6.24. The molecule has 34 heavy (non-hydrogen) atoms. The maximum Gasteiger partial charge on any atom is 0.323 e. The summed E-state index contributed by atoms with van der Waals surface area (Å²) in [7, 11) is 0. The Kier molecular flexibility index (Phi) is 6.49. The number of hydrogen-bond donors (Lipinski definition) is 1. The number of alkyl halides is 2. The van der Waals surface area contributed by atoms with E-state index >= 15 is 8.78 Å². The maximum absolute atomic E-state index is 15.7. The normalized spacial score (nSPS) is 18.1. The van der Waals surface area contributed by atoms with Crippen LogP contribution in [0.25, 0.3) is 0 Å². The molecule has 1 N–H and O–H groups in total. The molecule has 1 aliphatic rings. The number of nitrogens with zero attached hydrogens (tertiary/aromatic N) is 6. The molecule has 3 heterocycles. The fourth-order valence-electron chi connectivity index (χ4n) is 3.38. The minimum atomic E-state index is -4.15. The highest BCUT2D eigenvalue weighted by Gasteiger charge is 2.58. The van der Waals surface area contributed by atoms with Gasteiger partial charge in [0, 0.05) is 28.7 Å². The molecule has 0 radical (unpaired) electrons. The molecule has 8 nitrogen and oxygen atoms in total. The van der Waals surface area contributed by atoms with Gasteiger partial charge < -0.3 is 9.84 Å². The molecule has 1 aliphatic heterocycles. The Hall–Kier alpha value is -3.19. The third-order valence-electron chi connectivity index (χ3n) is 5.26. The van der Waals surface area contributed by atoms with Crippen molar-refractivity contribution < 1.29 is 27.4 Å². The van der Waals surface area contributed by atoms with Gasteiger partial charge in [0.25, 0.3) is 0 Å². The summed E-state index contributed by atoms with van der Waals surface area (Å²) in [5.41, 5.74) is -4.93. The van der Waals surface area contributed by atoms with Crippen molar-refractivity contribution >= 4 is 21.8 Å². The predicted octanol–water partition coefficient (Wildman–Crippen LogP) is 4.08. The molecular formula is C21H17BrF4N6O2. The minimum Gasteiger partial charge on any atom is -0.441 e. The molecule has 178 valence electrons. The molecule has 0 saturated carbocycles. The number of aliphatic imine (C=N–C) groups is 1. The van der Waals surface area contributed by atoms with E-state index in [1.54, 1.807) is 6.20 Å². The summed E-state index contributed by atoms with van der Waals surface area (Å²) < 4.78 is 66.7. The van der Waals surface area contributed by atoms with Gasteiger partial charge >= 0.3 is 5.92 Å². The molecule has 1 aromatic carbocycles. The summed E-state index contributed by atoms with van der Waals surface area (Å²) in [4.78, 5) is 7.89. The fraction of sp³-hybridized carbons (Fsp3) is 0.286. The molecular weight excluding hydrogens is 524 g/mol. The minimum absolute atomic E-state index is 0.135. The highest BCUT2D eigenvalue weighted by atomic mass is 79.9. The van der Waals surface area contributed by atoms with E-state index in [4.69, 9.17) is 4.74 Å². The highest BCUT2D eigenvalue weighted by Crippen LogP contribution is 2.46. The molecule has 4 rings (SSSR count). The van der Waals surface area contributed by atoms with Gasteiger partial charge in [-0.1, -0.05) is 22.9 Å². The van der Waals surface area contributed by atoms with Crippen molar-refractivity contribution in [3.8, 4) is 5.75 Å². The number of halogens is 5. The first kappa shape index (κ1) is 24.0. The molecule has 0 bridgehead atoms. The molecule has 13 heteroatoms. The number of rotatable bonds is 6. The third kappa shape index (κ3) is 4.57. The van der Waals surface area contributed by atoms with Crippen molar-refractivity contribution in [2.45, 2.75) is 31.4 Å². The monoisotopic (exact) mass is 540 g/mol. The fourth-order valence-corrected chi connectivity index (χ4v) is 3.65. The zero-order valence-electron chi connectivity index (χ0n) is 17.5. The van der Waals surface area contributed by atoms with Crippen LogP contribution in [0.4, 0.5) is 17.6 Å². The van der Waals surface area contributed by atoms with Crippen molar-refractivity contribution in [1.82, 2.24) is 25.2 Å². The molecule has 2 aromatic heterocycles. The van der Waals surface area contributed by atoms with Gasteiger partial charge in [0.2, 0.25) is 0 Å². The largest absolute Gasteiger partial charge is 0.441 e. The number of benzene rings is 1. The van der Waals surface area contributed by atoms with Crippen LogP contribution in [0.1, 0.15) is 24.6 Å². The van der Waals surface area contributed by atoms with Gasteiger partial charge in [-0.2, -0.15) is 8.78 Å². The van der Waals surface area contributed by atoms with Crippen molar-refractivity contribution in [2.75, 3.05) is 0 Å². The van der Waals surface area contributed by atoms with Gasteiger partial charge in [-0.25, -0.2) is 18.5 Å². The molecule has 0 fully saturated rings. The smallest absolute Gasteiger partial charge is 0.323 e. The molecule has 0 aliphatic carbocycles. The SMILES string of the molecule is CC1CC(Oc2ccc(C(F)(F)C(O)(Cn3cnnn3)c3ccc(F)cc3F)nc2)=NC=C1Br. The van der Waals surface area contributed by atoms with Crippen LogP contribution in [0.5, 0.6) is 5.75 Å². The van der Waals surface area contributed by atoms with E-state index in [1.807, 2.05) is 6.92 Å². The predicted molar refractivity (Wildman–Crippen MR) is 115 cm³/mol. The van der Waals surface area contributed by atoms with E-state index in [0.717, 1.165) is 39.9 Å². The lowest BCUT2D eigenvalue weighted by atomic mass is 9.84. The standard InChI is InChI=1S/C21H17BrF4N6O2/c1-12-6-19(28-9-16(12)22)34-14-3-5-18(27-8-14)21(25,26)20(33,10-32-11-29-30-31-32)15-4-2-13(23)7-17(15)24/h2-5,7-9,11-12,33H,6,10H2,1H3. The second kappa shape index (κ2) is 9.22. The highest BCUT2D eigenvalue weighted by molar-refractivity contribution is 9.11.